The summed E-state index contributed by atoms with van der Waals surface area (Å²) < 4.78 is 0. The Morgan fingerprint density at radius 1 is 1.67 bits per heavy atom. The number of amides is 1. The van der Waals surface area contributed by atoms with Gasteiger partial charge in [0.2, 0.25) is 0 Å². The molecule has 1 aromatic heterocycles. The molecule has 1 fully saturated rings. The van der Waals surface area contributed by atoms with Crippen LogP contribution in [0.3, 0.4) is 0 Å². The molecule has 0 atom stereocenters. The first kappa shape index (κ1) is 9.66. The van der Waals surface area contributed by atoms with Crippen molar-refractivity contribution in [1.29, 1.82) is 5.26 Å². The maximum Gasteiger partial charge on any atom is 0.254 e. The van der Waals surface area contributed by atoms with Gasteiger partial charge < -0.3 is 5.32 Å². The molecular weight excluding hydrogens is 190 g/mol. The fourth-order valence-electron chi connectivity index (χ4n) is 1.38. The van der Waals surface area contributed by atoms with E-state index in [0.717, 1.165) is 18.4 Å². The van der Waals surface area contributed by atoms with Gasteiger partial charge in [-0.15, -0.1) is 0 Å². The highest BCUT2D eigenvalue weighted by atomic mass is 16.1. The third-order valence-electron chi connectivity index (χ3n) is 2.60. The third kappa shape index (κ3) is 1.82. The number of carbonyl (C=O) groups is 1. The van der Waals surface area contributed by atoms with Gasteiger partial charge in [0.1, 0.15) is 5.54 Å². The van der Waals surface area contributed by atoms with Crippen LogP contribution in [0.2, 0.25) is 0 Å². The molecule has 15 heavy (non-hydrogen) atoms. The Hall–Kier alpha value is -1.89. The van der Waals surface area contributed by atoms with E-state index in [4.69, 9.17) is 5.26 Å². The minimum atomic E-state index is -0.612. The molecule has 0 bridgehead atoms. The summed E-state index contributed by atoms with van der Waals surface area (Å²) >= 11 is 0. The summed E-state index contributed by atoms with van der Waals surface area (Å²) in [6.07, 6.45) is 4.66. The minimum absolute atomic E-state index is 0.209. The summed E-state index contributed by atoms with van der Waals surface area (Å²) in [6.45, 7) is 1.85. The molecule has 1 aliphatic carbocycles. The topological polar surface area (TPSA) is 65.8 Å². The van der Waals surface area contributed by atoms with E-state index in [1.54, 1.807) is 12.3 Å². The lowest BCUT2D eigenvalue weighted by Gasteiger charge is -2.10. The van der Waals surface area contributed by atoms with E-state index in [1.165, 1.54) is 6.20 Å². The average molecular weight is 201 g/mol. The predicted octanol–water partition coefficient (Wildman–Crippen LogP) is 1.18. The van der Waals surface area contributed by atoms with E-state index in [9.17, 15) is 4.79 Å². The van der Waals surface area contributed by atoms with Crippen LogP contribution in [0, 0.1) is 18.3 Å². The zero-order valence-electron chi connectivity index (χ0n) is 8.45. The molecule has 0 unspecified atom stereocenters. The van der Waals surface area contributed by atoms with Crippen LogP contribution in [0.1, 0.15) is 28.8 Å². The van der Waals surface area contributed by atoms with Crippen LogP contribution in [0.25, 0.3) is 0 Å². The van der Waals surface area contributed by atoms with Gasteiger partial charge in [0.25, 0.3) is 5.91 Å². The molecule has 1 aliphatic rings. The van der Waals surface area contributed by atoms with Crippen molar-refractivity contribution in [3.05, 3.63) is 29.6 Å². The van der Waals surface area contributed by atoms with E-state index in [2.05, 4.69) is 16.4 Å². The maximum atomic E-state index is 11.8. The first-order chi connectivity index (χ1) is 7.17. The Bertz CT molecular complexity index is 443. The van der Waals surface area contributed by atoms with E-state index in [0.29, 0.717) is 5.56 Å². The van der Waals surface area contributed by atoms with Crippen LogP contribution in [0.4, 0.5) is 0 Å². The van der Waals surface area contributed by atoms with Crippen molar-refractivity contribution in [1.82, 2.24) is 10.3 Å². The van der Waals surface area contributed by atoms with Gasteiger partial charge in [-0.1, -0.05) is 0 Å². The molecule has 76 valence electrons. The number of nitrogens with zero attached hydrogens (tertiary/aromatic N) is 2. The van der Waals surface area contributed by atoms with Crippen LogP contribution in [0.5, 0.6) is 0 Å². The van der Waals surface area contributed by atoms with Crippen LogP contribution < -0.4 is 5.32 Å². The number of nitriles is 1. The lowest BCUT2D eigenvalue weighted by Crippen LogP contribution is -2.35. The smallest absolute Gasteiger partial charge is 0.254 e. The van der Waals surface area contributed by atoms with E-state index in [1.807, 2.05) is 6.92 Å². The second kappa shape index (κ2) is 3.35. The number of pyridine rings is 1. The number of aryl methyl sites for hydroxylation is 1. The number of nitrogens with one attached hydrogen (secondary N) is 1. The number of hydrogen-bond donors (Lipinski definition) is 1. The number of hydrogen-bond acceptors (Lipinski definition) is 3. The van der Waals surface area contributed by atoms with Gasteiger partial charge in [0.05, 0.1) is 11.6 Å². The van der Waals surface area contributed by atoms with Gasteiger partial charge in [0.15, 0.2) is 0 Å². The van der Waals surface area contributed by atoms with Gasteiger partial charge in [-0.05, 0) is 31.4 Å². The summed E-state index contributed by atoms with van der Waals surface area (Å²) in [5, 5.41) is 11.6. The highest BCUT2D eigenvalue weighted by molar-refractivity contribution is 5.96. The van der Waals surface area contributed by atoms with Gasteiger partial charge in [-0.2, -0.15) is 5.26 Å². The van der Waals surface area contributed by atoms with Crippen molar-refractivity contribution in [2.75, 3.05) is 0 Å². The Balaban J connectivity index is 2.16. The normalized spacial score (nSPS) is 16.5. The lowest BCUT2D eigenvalue weighted by atomic mass is 10.1. The third-order valence-corrected chi connectivity index (χ3v) is 2.60. The van der Waals surface area contributed by atoms with Crippen molar-refractivity contribution in [3.63, 3.8) is 0 Å². The van der Waals surface area contributed by atoms with Gasteiger partial charge >= 0.3 is 0 Å². The summed E-state index contributed by atoms with van der Waals surface area (Å²) in [4.78, 5) is 15.7. The molecule has 2 rings (SSSR count). The molecule has 1 amide bonds. The van der Waals surface area contributed by atoms with E-state index < -0.39 is 5.54 Å². The van der Waals surface area contributed by atoms with Crippen molar-refractivity contribution >= 4 is 5.91 Å². The van der Waals surface area contributed by atoms with Crippen molar-refractivity contribution in [3.8, 4) is 6.07 Å². The Labute approximate surface area is 87.9 Å². The zero-order chi connectivity index (χ0) is 10.9. The second-order valence-corrected chi connectivity index (χ2v) is 3.84. The van der Waals surface area contributed by atoms with Crippen molar-refractivity contribution in [2.45, 2.75) is 25.3 Å². The molecule has 1 heterocycles. The Morgan fingerprint density at radius 2 is 2.40 bits per heavy atom. The molecular formula is C11H11N3O. The van der Waals surface area contributed by atoms with Crippen LogP contribution in [-0.4, -0.2) is 16.4 Å². The Kier molecular flexibility index (Phi) is 2.16. The molecule has 1 saturated carbocycles. The quantitative estimate of drug-likeness (QED) is 0.781. The molecule has 1 N–H and O–H groups in total. The maximum absolute atomic E-state index is 11.8. The molecule has 1 aromatic rings. The van der Waals surface area contributed by atoms with Gasteiger partial charge in [0, 0.05) is 12.4 Å². The predicted molar refractivity (Wildman–Crippen MR) is 54.0 cm³/mol. The summed E-state index contributed by atoms with van der Waals surface area (Å²) in [6, 6.07) is 3.90. The number of aromatic nitrogens is 1. The first-order valence-corrected chi connectivity index (χ1v) is 4.81. The monoisotopic (exact) mass is 201 g/mol. The summed E-state index contributed by atoms with van der Waals surface area (Å²) in [7, 11) is 0. The highest BCUT2D eigenvalue weighted by Crippen LogP contribution is 2.34. The van der Waals surface area contributed by atoms with Crippen molar-refractivity contribution < 1.29 is 4.79 Å². The molecule has 0 radical (unpaired) electrons. The fraction of sp³-hybridized carbons (Fsp3) is 0.364. The SMILES string of the molecule is Cc1ccncc1C(=O)NC1(C#N)CC1. The minimum Gasteiger partial charge on any atom is -0.334 e. The number of rotatable bonds is 2. The van der Waals surface area contributed by atoms with Gasteiger partial charge in [-0.3, -0.25) is 9.78 Å². The molecule has 0 spiro atoms. The van der Waals surface area contributed by atoms with Crippen LogP contribution >= 0.6 is 0 Å². The molecule has 4 nitrogen and oxygen atoms in total. The fourth-order valence-corrected chi connectivity index (χ4v) is 1.38. The molecule has 0 aliphatic heterocycles. The van der Waals surface area contributed by atoms with Crippen LogP contribution in [0.15, 0.2) is 18.5 Å². The van der Waals surface area contributed by atoms with Crippen molar-refractivity contribution in [2.24, 2.45) is 0 Å². The standard InChI is InChI=1S/C11H11N3O/c1-8-2-5-13-6-9(8)10(15)14-11(7-12)3-4-11/h2,5-6H,3-4H2,1H3,(H,14,15). The summed E-state index contributed by atoms with van der Waals surface area (Å²) in [5.41, 5.74) is 0.801. The lowest BCUT2D eigenvalue weighted by molar-refractivity contribution is 0.0940. The highest BCUT2D eigenvalue weighted by Gasteiger charge is 2.44. The van der Waals surface area contributed by atoms with E-state index in [-0.39, 0.29) is 5.91 Å². The largest absolute Gasteiger partial charge is 0.334 e. The summed E-state index contributed by atoms with van der Waals surface area (Å²) in [5.74, 6) is -0.209. The Morgan fingerprint density at radius 3 is 2.93 bits per heavy atom. The van der Waals surface area contributed by atoms with Crippen LogP contribution in [-0.2, 0) is 0 Å². The average Bonchev–Trinajstić information content (AvgIpc) is 2.99. The van der Waals surface area contributed by atoms with E-state index >= 15 is 0 Å². The second-order valence-electron chi connectivity index (χ2n) is 3.84. The van der Waals surface area contributed by atoms with Gasteiger partial charge in [-0.25, -0.2) is 0 Å². The number of carbonyl (C=O) groups excluding carboxylic acids is 1. The molecule has 4 heteroatoms. The first-order valence-electron chi connectivity index (χ1n) is 4.81. The molecule has 0 aromatic carbocycles. The molecule has 0 saturated heterocycles. The zero-order valence-corrected chi connectivity index (χ0v) is 8.45.